The van der Waals surface area contributed by atoms with Gasteiger partial charge >= 0.3 is 0 Å². The van der Waals surface area contributed by atoms with Gasteiger partial charge in [-0.3, -0.25) is 4.79 Å². The van der Waals surface area contributed by atoms with E-state index in [4.69, 9.17) is 4.74 Å². The van der Waals surface area contributed by atoms with E-state index < -0.39 is 0 Å². The number of hydrogen-bond acceptors (Lipinski definition) is 4. The Bertz CT molecular complexity index is 455. The summed E-state index contributed by atoms with van der Waals surface area (Å²) < 4.78 is 5.38. The summed E-state index contributed by atoms with van der Waals surface area (Å²) in [7, 11) is 1.69. The van der Waals surface area contributed by atoms with Crippen LogP contribution in [-0.4, -0.2) is 47.8 Å². The van der Waals surface area contributed by atoms with Crippen molar-refractivity contribution in [3.05, 3.63) is 23.8 Å². The van der Waals surface area contributed by atoms with E-state index in [9.17, 15) is 15.0 Å². The van der Waals surface area contributed by atoms with Crippen LogP contribution in [-0.2, 0) is 4.74 Å². The molecule has 19 heavy (non-hydrogen) atoms. The van der Waals surface area contributed by atoms with Gasteiger partial charge in [0.1, 0.15) is 0 Å². The molecule has 0 aromatic heterocycles. The number of hydrogen-bond donors (Lipinski definition) is 2. The summed E-state index contributed by atoms with van der Waals surface area (Å²) in [6.07, 6.45) is 2.06. The molecular weight excluding hydrogens is 246 g/mol. The first-order valence-electron chi connectivity index (χ1n) is 6.43. The van der Waals surface area contributed by atoms with Crippen molar-refractivity contribution in [3.8, 4) is 11.5 Å². The highest BCUT2D eigenvalue weighted by Crippen LogP contribution is 2.29. The lowest BCUT2D eigenvalue weighted by atomic mass is 10.0. The molecule has 0 aliphatic carbocycles. The van der Waals surface area contributed by atoms with Crippen molar-refractivity contribution in [1.82, 2.24) is 4.90 Å². The van der Waals surface area contributed by atoms with E-state index in [1.165, 1.54) is 12.1 Å². The van der Waals surface area contributed by atoms with E-state index in [1.807, 2.05) is 0 Å². The summed E-state index contributed by atoms with van der Waals surface area (Å²) in [4.78, 5) is 13.8. The third kappa shape index (κ3) is 3.17. The molecule has 1 aromatic carbocycles. The molecule has 0 radical (unpaired) electrons. The SMILES string of the molecule is CN(CC1CCCOC1)C(=O)c1cccc(O)c1O. The number of nitrogens with zero attached hydrogens (tertiary/aromatic N) is 1. The Morgan fingerprint density at radius 3 is 2.95 bits per heavy atom. The highest BCUT2D eigenvalue weighted by molar-refractivity contribution is 5.97. The minimum atomic E-state index is -0.362. The van der Waals surface area contributed by atoms with Gasteiger partial charge in [0.05, 0.1) is 12.2 Å². The van der Waals surface area contributed by atoms with Gasteiger partial charge in [-0.05, 0) is 30.9 Å². The van der Waals surface area contributed by atoms with Crippen LogP contribution in [0.4, 0.5) is 0 Å². The minimum absolute atomic E-state index is 0.124. The Kier molecular flexibility index (Phi) is 4.27. The average Bonchev–Trinajstić information content (AvgIpc) is 2.42. The third-order valence-electron chi connectivity index (χ3n) is 3.38. The third-order valence-corrected chi connectivity index (χ3v) is 3.38. The average molecular weight is 265 g/mol. The van der Waals surface area contributed by atoms with E-state index in [2.05, 4.69) is 0 Å². The number of phenols is 2. The van der Waals surface area contributed by atoms with Crippen molar-refractivity contribution in [2.45, 2.75) is 12.8 Å². The Hall–Kier alpha value is -1.75. The molecule has 5 nitrogen and oxygen atoms in total. The van der Waals surface area contributed by atoms with Crippen LogP contribution >= 0.6 is 0 Å². The number of carbonyl (C=O) groups is 1. The van der Waals surface area contributed by atoms with Crippen LogP contribution in [0.15, 0.2) is 18.2 Å². The highest BCUT2D eigenvalue weighted by Gasteiger charge is 2.22. The lowest BCUT2D eigenvalue weighted by Gasteiger charge is -2.27. The molecule has 104 valence electrons. The van der Waals surface area contributed by atoms with Crippen molar-refractivity contribution < 1.29 is 19.7 Å². The van der Waals surface area contributed by atoms with Crippen molar-refractivity contribution in [2.24, 2.45) is 5.92 Å². The maximum absolute atomic E-state index is 12.2. The number of para-hydroxylation sites is 1. The number of carbonyl (C=O) groups excluding carboxylic acids is 1. The van der Waals surface area contributed by atoms with Crippen molar-refractivity contribution in [1.29, 1.82) is 0 Å². The molecule has 0 saturated carbocycles. The molecule has 1 amide bonds. The van der Waals surface area contributed by atoms with Crippen LogP contribution in [0, 0.1) is 5.92 Å². The van der Waals surface area contributed by atoms with Gasteiger partial charge in [0.25, 0.3) is 5.91 Å². The molecule has 0 bridgehead atoms. The molecule has 1 aliphatic rings. The van der Waals surface area contributed by atoms with Crippen molar-refractivity contribution >= 4 is 5.91 Å². The molecule has 5 heteroatoms. The Morgan fingerprint density at radius 2 is 2.26 bits per heavy atom. The quantitative estimate of drug-likeness (QED) is 0.814. The van der Waals surface area contributed by atoms with E-state index >= 15 is 0 Å². The second kappa shape index (κ2) is 5.93. The zero-order valence-corrected chi connectivity index (χ0v) is 11.0. The smallest absolute Gasteiger partial charge is 0.257 e. The lowest BCUT2D eigenvalue weighted by Crippen LogP contribution is -2.35. The second-order valence-corrected chi connectivity index (χ2v) is 4.94. The zero-order chi connectivity index (χ0) is 13.8. The first-order valence-corrected chi connectivity index (χ1v) is 6.43. The Labute approximate surface area is 112 Å². The molecule has 1 unspecified atom stereocenters. The van der Waals surface area contributed by atoms with Crippen molar-refractivity contribution in [2.75, 3.05) is 26.8 Å². The molecule has 1 aromatic rings. The minimum Gasteiger partial charge on any atom is -0.504 e. The second-order valence-electron chi connectivity index (χ2n) is 4.94. The first kappa shape index (κ1) is 13.7. The molecule has 2 rings (SSSR count). The zero-order valence-electron chi connectivity index (χ0n) is 11.0. The molecule has 2 N–H and O–H groups in total. The number of amides is 1. The van der Waals surface area contributed by atoms with Gasteiger partial charge in [-0.1, -0.05) is 6.07 Å². The number of phenolic OH excluding ortho intramolecular Hbond substituents is 2. The van der Waals surface area contributed by atoms with E-state index in [-0.39, 0.29) is 23.0 Å². The first-order chi connectivity index (χ1) is 9.09. The number of ether oxygens (including phenoxy) is 1. The Morgan fingerprint density at radius 1 is 1.47 bits per heavy atom. The van der Waals surface area contributed by atoms with Gasteiger partial charge in [-0.2, -0.15) is 0 Å². The largest absolute Gasteiger partial charge is 0.504 e. The van der Waals surface area contributed by atoms with Gasteiger partial charge in [0.2, 0.25) is 0 Å². The summed E-state index contributed by atoms with van der Waals surface area (Å²) in [6.45, 7) is 2.05. The summed E-state index contributed by atoms with van der Waals surface area (Å²) in [6, 6.07) is 4.40. The van der Waals surface area contributed by atoms with Crippen LogP contribution < -0.4 is 0 Å². The molecule has 1 aliphatic heterocycles. The molecule has 1 atom stereocenters. The number of rotatable bonds is 3. The number of aromatic hydroxyl groups is 2. The maximum Gasteiger partial charge on any atom is 0.257 e. The van der Waals surface area contributed by atoms with Crippen LogP contribution in [0.3, 0.4) is 0 Å². The predicted molar refractivity (Wildman–Crippen MR) is 70.3 cm³/mol. The monoisotopic (exact) mass is 265 g/mol. The van der Waals surface area contributed by atoms with Gasteiger partial charge in [0.15, 0.2) is 11.5 Å². The molecule has 1 saturated heterocycles. The molecule has 1 fully saturated rings. The van der Waals surface area contributed by atoms with Crippen LogP contribution in [0.1, 0.15) is 23.2 Å². The topological polar surface area (TPSA) is 70.0 Å². The number of benzene rings is 1. The predicted octanol–water partition coefficient (Wildman–Crippen LogP) is 1.60. The van der Waals surface area contributed by atoms with Crippen LogP contribution in [0.25, 0.3) is 0 Å². The molecule has 0 spiro atoms. The van der Waals surface area contributed by atoms with Gasteiger partial charge in [-0.15, -0.1) is 0 Å². The summed E-state index contributed by atoms with van der Waals surface area (Å²) in [5, 5.41) is 19.1. The molecular formula is C14H19NO4. The van der Waals surface area contributed by atoms with Gasteiger partial charge in [-0.25, -0.2) is 0 Å². The fourth-order valence-corrected chi connectivity index (χ4v) is 2.33. The maximum atomic E-state index is 12.2. The lowest BCUT2D eigenvalue weighted by molar-refractivity contribution is 0.0387. The summed E-state index contributed by atoms with van der Waals surface area (Å²) in [5.41, 5.74) is 0.124. The fourth-order valence-electron chi connectivity index (χ4n) is 2.33. The van der Waals surface area contributed by atoms with Crippen molar-refractivity contribution in [3.63, 3.8) is 0 Å². The van der Waals surface area contributed by atoms with Crippen LogP contribution in [0.2, 0.25) is 0 Å². The van der Waals surface area contributed by atoms with Gasteiger partial charge in [0, 0.05) is 20.2 Å². The Balaban J connectivity index is 2.03. The summed E-state index contributed by atoms with van der Waals surface area (Å²) in [5.74, 6) is -0.597. The fraction of sp³-hybridized carbons (Fsp3) is 0.500. The van der Waals surface area contributed by atoms with E-state index in [1.54, 1.807) is 18.0 Å². The normalized spacial score (nSPS) is 19.1. The molecule has 1 heterocycles. The standard InChI is InChI=1S/C14H19NO4/c1-15(8-10-4-3-7-19-9-10)14(18)11-5-2-6-12(16)13(11)17/h2,5-6,10,16-17H,3-4,7-9H2,1H3. The van der Waals surface area contributed by atoms with Crippen LogP contribution in [0.5, 0.6) is 11.5 Å². The summed E-state index contributed by atoms with van der Waals surface area (Å²) >= 11 is 0. The van der Waals surface area contributed by atoms with E-state index in [0.29, 0.717) is 19.1 Å². The van der Waals surface area contributed by atoms with Gasteiger partial charge < -0.3 is 19.8 Å². The highest BCUT2D eigenvalue weighted by atomic mass is 16.5. The van der Waals surface area contributed by atoms with E-state index in [0.717, 1.165) is 19.4 Å².